The number of hydrogen-bond donors (Lipinski definition) is 2. The first-order valence-electron chi connectivity index (χ1n) is 8.93. The van der Waals surface area contributed by atoms with Crippen LogP contribution >= 0.6 is 11.6 Å². The highest BCUT2D eigenvalue weighted by Gasteiger charge is 2.30. The monoisotopic (exact) mass is 381 g/mol. The SMILES string of the molecule is N#Cc1ccccc1NC(=O)C1CCC(C(=O)Nc2cccc(Cl)c2)CC1. The second kappa shape index (κ2) is 8.70. The standard InChI is InChI=1S/C21H20ClN3O2/c22-17-5-3-6-18(12-17)24-20(26)14-8-10-15(11-9-14)21(27)25-19-7-2-1-4-16(19)13-23/h1-7,12,14-15H,8-11H2,(H,24,26)(H,25,27). The molecule has 2 amide bonds. The van der Waals surface area contributed by atoms with Gasteiger partial charge in [-0.2, -0.15) is 5.26 Å². The minimum absolute atomic E-state index is 0.0362. The van der Waals surface area contributed by atoms with Crippen molar-refractivity contribution >= 4 is 34.8 Å². The molecule has 1 aliphatic rings. The minimum atomic E-state index is -0.146. The van der Waals surface area contributed by atoms with Gasteiger partial charge >= 0.3 is 0 Å². The number of nitriles is 1. The first kappa shape index (κ1) is 18.9. The average molecular weight is 382 g/mol. The number of nitrogens with one attached hydrogen (secondary N) is 2. The Bertz CT molecular complexity index is 883. The van der Waals surface area contributed by atoms with Crippen LogP contribution in [0, 0.1) is 23.2 Å². The molecular weight excluding hydrogens is 362 g/mol. The molecule has 0 unspecified atom stereocenters. The normalized spacial score (nSPS) is 19.0. The molecule has 1 aliphatic carbocycles. The highest BCUT2D eigenvalue weighted by Crippen LogP contribution is 2.31. The van der Waals surface area contributed by atoms with Crippen LogP contribution in [0.25, 0.3) is 0 Å². The third kappa shape index (κ3) is 4.87. The van der Waals surface area contributed by atoms with E-state index in [0.717, 1.165) is 0 Å². The van der Waals surface area contributed by atoms with E-state index in [1.54, 1.807) is 48.5 Å². The molecule has 1 fully saturated rings. The number of rotatable bonds is 4. The van der Waals surface area contributed by atoms with E-state index in [4.69, 9.17) is 16.9 Å². The van der Waals surface area contributed by atoms with Gasteiger partial charge in [0.15, 0.2) is 0 Å². The second-order valence-electron chi connectivity index (χ2n) is 6.69. The third-order valence-corrected chi connectivity index (χ3v) is 5.10. The van der Waals surface area contributed by atoms with Gasteiger partial charge in [-0.25, -0.2) is 0 Å². The maximum absolute atomic E-state index is 12.5. The molecule has 1 saturated carbocycles. The van der Waals surface area contributed by atoms with E-state index in [1.165, 1.54) is 0 Å². The van der Waals surface area contributed by atoms with Gasteiger partial charge in [-0.3, -0.25) is 9.59 Å². The average Bonchev–Trinajstić information content (AvgIpc) is 2.68. The van der Waals surface area contributed by atoms with E-state index in [1.807, 2.05) is 0 Å². The molecule has 0 atom stereocenters. The smallest absolute Gasteiger partial charge is 0.227 e. The Kier molecular flexibility index (Phi) is 6.10. The van der Waals surface area contributed by atoms with Crippen LogP contribution in [0.1, 0.15) is 31.2 Å². The van der Waals surface area contributed by atoms with Gasteiger partial charge < -0.3 is 10.6 Å². The Morgan fingerprint density at radius 2 is 1.56 bits per heavy atom. The van der Waals surface area contributed by atoms with Crippen molar-refractivity contribution in [2.45, 2.75) is 25.7 Å². The number of carbonyl (C=O) groups excluding carboxylic acids is 2. The van der Waals surface area contributed by atoms with Gasteiger partial charge in [0.05, 0.1) is 11.3 Å². The molecule has 0 aromatic heterocycles. The van der Waals surface area contributed by atoms with Crippen LogP contribution in [0.5, 0.6) is 0 Å². The molecule has 138 valence electrons. The predicted octanol–water partition coefficient (Wildman–Crippen LogP) is 4.60. The first-order valence-corrected chi connectivity index (χ1v) is 9.31. The van der Waals surface area contributed by atoms with Crippen LogP contribution < -0.4 is 10.6 Å². The molecule has 0 spiro atoms. The second-order valence-corrected chi connectivity index (χ2v) is 7.13. The lowest BCUT2D eigenvalue weighted by atomic mass is 9.81. The predicted molar refractivity (Wildman–Crippen MR) is 105 cm³/mol. The van der Waals surface area contributed by atoms with E-state index in [9.17, 15) is 9.59 Å². The largest absolute Gasteiger partial charge is 0.326 e. The summed E-state index contributed by atoms with van der Waals surface area (Å²) >= 11 is 5.94. The third-order valence-electron chi connectivity index (χ3n) is 4.87. The number of hydrogen-bond acceptors (Lipinski definition) is 3. The van der Waals surface area contributed by atoms with Crippen molar-refractivity contribution in [1.82, 2.24) is 0 Å². The fraction of sp³-hybridized carbons (Fsp3) is 0.286. The van der Waals surface area contributed by atoms with Gasteiger partial charge in [-0.15, -0.1) is 0 Å². The van der Waals surface area contributed by atoms with E-state index < -0.39 is 0 Å². The fourth-order valence-electron chi connectivity index (χ4n) is 3.35. The van der Waals surface area contributed by atoms with Crippen LogP contribution in [0.2, 0.25) is 5.02 Å². The summed E-state index contributed by atoms with van der Waals surface area (Å²) in [7, 11) is 0. The Balaban J connectivity index is 1.53. The molecule has 0 radical (unpaired) electrons. The van der Waals surface area contributed by atoms with Gasteiger partial charge in [0.25, 0.3) is 0 Å². The van der Waals surface area contributed by atoms with Crippen molar-refractivity contribution in [3.05, 3.63) is 59.1 Å². The molecule has 0 aliphatic heterocycles. The van der Waals surface area contributed by atoms with Crippen LogP contribution in [-0.2, 0) is 9.59 Å². The van der Waals surface area contributed by atoms with Crippen molar-refractivity contribution < 1.29 is 9.59 Å². The maximum Gasteiger partial charge on any atom is 0.227 e. The number of amides is 2. The number of benzene rings is 2. The number of halogens is 1. The number of anilines is 2. The summed E-state index contributed by atoms with van der Waals surface area (Å²) in [4.78, 5) is 24.9. The summed E-state index contributed by atoms with van der Waals surface area (Å²) in [5, 5.41) is 15.4. The zero-order chi connectivity index (χ0) is 19.2. The summed E-state index contributed by atoms with van der Waals surface area (Å²) in [5.74, 6) is -0.385. The molecule has 3 rings (SSSR count). The Morgan fingerprint density at radius 1 is 0.926 bits per heavy atom. The van der Waals surface area contributed by atoms with E-state index >= 15 is 0 Å². The zero-order valence-electron chi connectivity index (χ0n) is 14.7. The van der Waals surface area contributed by atoms with Gasteiger partial charge in [-0.05, 0) is 56.0 Å². The maximum atomic E-state index is 12.5. The van der Waals surface area contributed by atoms with Crippen LogP contribution in [0.4, 0.5) is 11.4 Å². The molecule has 2 aromatic rings. The number of para-hydroxylation sites is 1. The van der Waals surface area contributed by atoms with Gasteiger partial charge in [0, 0.05) is 22.5 Å². The Labute approximate surface area is 163 Å². The summed E-state index contributed by atoms with van der Waals surface area (Å²) in [6, 6.07) is 16.1. The van der Waals surface area contributed by atoms with Crippen molar-refractivity contribution in [3.63, 3.8) is 0 Å². The van der Waals surface area contributed by atoms with Gasteiger partial charge in [-0.1, -0.05) is 29.8 Å². The van der Waals surface area contributed by atoms with Crippen LogP contribution in [0.3, 0.4) is 0 Å². The van der Waals surface area contributed by atoms with Gasteiger partial charge in [0.1, 0.15) is 6.07 Å². The van der Waals surface area contributed by atoms with Gasteiger partial charge in [0.2, 0.25) is 11.8 Å². The molecule has 6 heteroatoms. The molecule has 27 heavy (non-hydrogen) atoms. The summed E-state index contributed by atoms with van der Waals surface area (Å²) < 4.78 is 0. The lowest BCUT2D eigenvalue weighted by Crippen LogP contribution is -2.32. The van der Waals surface area contributed by atoms with E-state index in [0.29, 0.717) is 47.6 Å². The molecule has 5 nitrogen and oxygen atoms in total. The first-order chi connectivity index (χ1) is 13.1. The molecule has 0 heterocycles. The lowest BCUT2D eigenvalue weighted by Gasteiger charge is -2.27. The van der Waals surface area contributed by atoms with E-state index in [2.05, 4.69) is 16.7 Å². The molecule has 0 bridgehead atoms. The quantitative estimate of drug-likeness (QED) is 0.812. The van der Waals surface area contributed by atoms with Crippen molar-refractivity contribution in [1.29, 1.82) is 5.26 Å². The highest BCUT2D eigenvalue weighted by atomic mass is 35.5. The van der Waals surface area contributed by atoms with Crippen LogP contribution in [0.15, 0.2) is 48.5 Å². The Morgan fingerprint density at radius 3 is 2.19 bits per heavy atom. The van der Waals surface area contributed by atoms with Crippen molar-refractivity contribution in [2.75, 3.05) is 10.6 Å². The highest BCUT2D eigenvalue weighted by molar-refractivity contribution is 6.30. The fourth-order valence-corrected chi connectivity index (χ4v) is 3.54. The van der Waals surface area contributed by atoms with E-state index in [-0.39, 0.29) is 23.7 Å². The lowest BCUT2D eigenvalue weighted by molar-refractivity contribution is -0.125. The molecule has 0 saturated heterocycles. The number of carbonyl (C=O) groups is 2. The molecule has 2 N–H and O–H groups in total. The molecule has 2 aromatic carbocycles. The summed E-state index contributed by atoms with van der Waals surface area (Å²) in [6.07, 6.45) is 2.61. The molecular formula is C21H20ClN3O2. The van der Waals surface area contributed by atoms with Crippen molar-refractivity contribution in [2.24, 2.45) is 11.8 Å². The zero-order valence-corrected chi connectivity index (χ0v) is 15.5. The summed E-state index contributed by atoms with van der Waals surface area (Å²) in [6.45, 7) is 0. The van der Waals surface area contributed by atoms with Crippen LogP contribution in [-0.4, -0.2) is 11.8 Å². The topological polar surface area (TPSA) is 82.0 Å². The van der Waals surface area contributed by atoms with Crippen molar-refractivity contribution in [3.8, 4) is 6.07 Å². The Hall–Kier alpha value is -2.84. The number of nitrogens with zero attached hydrogens (tertiary/aromatic N) is 1. The minimum Gasteiger partial charge on any atom is -0.326 e. The summed E-state index contributed by atoms with van der Waals surface area (Å²) in [5.41, 5.74) is 1.66.